The van der Waals surface area contributed by atoms with Crippen molar-refractivity contribution in [3.63, 3.8) is 0 Å². The van der Waals surface area contributed by atoms with Gasteiger partial charge in [0.05, 0.1) is 0 Å². The molecule has 0 radical (unpaired) electrons. The molecular weight excluding hydrogens is 204 g/mol. The van der Waals surface area contributed by atoms with Crippen LogP contribution in [0, 0.1) is 0 Å². The van der Waals surface area contributed by atoms with Gasteiger partial charge in [-0.2, -0.15) is 0 Å². The van der Waals surface area contributed by atoms with Gasteiger partial charge in [0.15, 0.2) is 0 Å². The Labute approximate surface area is 89.4 Å². The maximum atomic E-state index is 10.9. The second-order valence-electron chi connectivity index (χ2n) is 3.08. The summed E-state index contributed by atoms with van der Waals surface area (Å²) in [6.45, 7) is 1.97. The van der Waals surface area contributed by atoms with Gasteiger partial charge in [0.25, 0.3) is 0 Å². The second-order valence-corrected chi connectivity index (χ2v) is 3.08. The predicted molar refractivity (Wildman–Crippen MR) is 55.7 cm³/mol. The van der Waals surface area contributed by atoms with Crippen molar-refractivity contribution in [3.05, 3.63) is 18.2 Å². The first-order valence-electron chi connectivity index (χ1n) is 4.36. The molecule has 0 spiro atoms. The fourth-order valence-corrected chi connectivity index (χ4v) is 1.36. The van der Waals surface area contributed by atoms with E-state index in [1.165, 1.54) is 0 Å². The summed E-state index contributed by atoms with van der Waals surface area (Å²) in [5.74, 6) is -0.629. The Morgan fingerprint density at radius 3 is 2.71 bits per heavy atom. The van der Waals surface area contributed by atoms with Crippen LogP contribution < -0.4 is 0 Å². The maximum Gasteiger partial charge on any atom is 0.314 e. The predicted octanol–water partition coefficient (Wildman–Crippen LogP) is 1.81. The third-order valence-electron chi connectivity index (χ3n) is 2.05. The van der Waals surface area contributed by atoms with Crippen molar-refractivity contribution < 1.29 is 9.90 Å². The smallest absolute Gasteiger partial charge is 0.314 e. The summed E-state index contributed by atoms with van der Waals surface area (Å²) in [7, 11) is 1.81. The molecule has 1 aromatic rings. The van der Waals surface area contributed by atoms with E-state index in [0.29, 0.717) is 12.2 Å². The van der Waals surface area contributed by atoms with E-state index in [4.69, 9.17) is 5.11 Å². The van der Waals surface area contributed by atoms with Crippen LogP contribution in [-0.2, 0) is 11.8 Å². The number of halogens is 1. The molecule has 0 fully saturated rings. The van der Waals surface area contributed by atoms with Crippen molar-refractivity contribution in [1.29, 1.82) is 0 Å². The van der Waals surface area contributed by atoms with Crippen molar-refractivity contribution in [1.82, 2.24) is 9.55 Å². The minimum atomic E-state index is -0.795. The van der Waals surface area contributed by atoms with E-state index >= 15 is 0 Å². The number of imidazole rings is 1. The average molecular weight is 219 g/mol. The topological polar surface area (TPSA) is 55.1 Å². The number of hydrogen-bond acceptors (Lipinski definition) is 2. The van der Waals surface area contributed by atoms with Crippen LogP contribution in [0.2, 0.25) is 0 Å². The molecule has 0 aliphatic rings. The van der Waals surface area contributed by atoms with Crippen molar-refractivity contribution in [3.8, 4) is 0 Å². The number of hydrogen-bond donors (Lipinski definition) is 1. The number of aryl methyl sites for hydroxylation is 1. The minimum absolute atomic E-state index is 0. The van der Waals surface area contributed by atoms with Gasteiger partial charge in [0, 0.05) is 19.4 Å². The molecule has 1 N–H and O–H groups in total. The minimum Gasteiger partial charge on any atom is -0.481 e. The molecule has 0 saturated heterocycles. The van der Waals surface area contributed by atoms with E-state index in [2.05, 4.69) is 4.98 Å². The number of carboxylic acids is 1. The number of rotatable bonds is 4. The van der Waals surface area contributed by atoms with Crippen LogP contribution >= 0.6 is 12.4 Å². The van der Waals surface area contributed by atoms with Crippen LogP contribution in [0.5, 0.6) is 0 Å². The Morgan fingerprint density at radius 2 is 2.36 bits per heavy atom. The standard InChI is InChI=1S/C9H14N2O2.ClH/c1-3-4-7(9(12)13)8-10-5-6-11(8)2;/h5-7H,3-4H2,1-2H3,(H,12,13);1H. The van der Waals surface area contributed by atoms with Gasteiger partial charge >= 0.3 is 5.97 Å². The third-order valence-corrected chi connectivity index (χ3v) is 2.05. The maximum absolute atomic E-state index is 10.9. The molecule has 0 saturated carbocycles. The van der Waals surface area contributed by atoms with Crippen molar-refractivity contribution in [2.24, 2.45) is 7.05 Å². The Bertz CT molecular complexity index is 299. The van der Waals surface area contributed by atoms with E-state index in [-0.39, 0.29) is 12.4 Å². The Hall–Kier alpha value is -1.03. The molecule has 0 amide bonds. The second kappa shape index (κ2) is 5.65. The Balaban J connectivity index is 0.00000169. The van der Waals surface area contributed by atoms with E-state index in [9.17, 15) is 4.79 Å². The molecule has 1 unspecified atom stereocenters. The highest BCUT2D eigenvalue weighted by Gasteiger charge is 2.22. The molecule has 0 bridgehead atoms. The van der Waals surface area contributed by atoms with Crippen molar-refractivity contribution in [2.45, 2.75) is 25.7 Å². The fourth-order valence-electron chi connectivity index (χ4n) is 1.36. The van der Waals surface area contributed by atoms with E-state index in [1.807, 2.05) is 14.0 Å². The van der Waals surface area contributed by atoms with Gasteiger partial charge in [0.2, 0.25) is 0 Å². The lowest BCUT2D eigenvalue weighted by atomic mass is 10.0. The van der Waals surface area contributed by atoms with Gasteiger partial charge in [-0.25, -0.2) is 4.98 Å². The monoisotopic (exact) mass is 218 g/mol. The van der Waals surface area contributed by atoms with Crippen LogP contribution in [0.4, 0.5) is 0 Å². The molecule has 5 heteroatoms. The van der Waals surface area contributed by atoms with Crippen LogP contribution in [-0.4, -0.2) is 20.6 Å². The molecule has 14 heavy (non-hydrogen) atoms. The van der Waals surface area contributed by atoms with Gasteiger partial charge in [0.1, 0.15) is 11.7 Å². The number of carboxylic acid groups (broad SMARTS) is 1. The summed E-state index contributed by atoms with van der Waals surface area (Å²) in [5.41, 5.74) is 0. The molecule has 0 aromatic carbocycles. The summed E-state index contributed by atoms with van der Waals surface area (Å²) in [4.78, 5) is 14.9. The van der Waals surface area contributed by atoms with Gasteiger partial charge in [-0.15, -0.1) is 12.4 Å². The van der Waals surface area contributed by atoms with Crippen LogP contribution in [0.3, 0.4) is 0 Å². The molecular formula is C9H15ClN2O2. The summed E-state index contributed by atoms with van der Waals surface area (Å²) in [6.07, 6.45) is 4.88. The van der Waals surface area contributed by atoms with Gasteiger partial charge in [-0.3, -0.25) is 4.79 Å². The average Bonchev–Trinajstić information content (AvgIpc) is 2.47. The SMILES string of the molecule is CCCC(C(=O)O)c1nccn1C.Cl. The number of aromatic nitrogens is 2. The van der Waals surface area contributed by atoms with E-state index in [1.54, 1.807) is 17.0 Å². The van der Waals surface area contributed by atoms with Crippen LogP contribution in [0.15, 0.2) is 12.4 Å². The highest BCUT2D eigenvalue weighted by molar-refractivity contribution is 5.85. The van der Waals surface area contributed by atoms with Crippen LogP contribution in [0.25, 0.3) is 0 Å². The summed E-state index contributed by atoms with van der Waals surface area (Å²) >= 11 is 0. The summed E-state index contributed by atoms with van der Waals surface area (Å²) < 4.78 is 1.76. The van der Waals surface area contributed by atoms with E-state index < -0.39 is 11.9 Å². The highest BCUT2D eigenvalue weighted by atomic mass is 35.5. The van der Waals surface area contributed by atoms with Gasteiger partial charge < -0.3 is 9.67 Å². The number of nitrogens with zero attached hydrogens (tertiary/aromatic N) is 2. The zero-order valence-electron chi connectivity index (χ0n) is 8.30. The highest BCUT2D eigenvalue weighted by Crippen LogP contribution is 2.18. The molecule has 0 aliphatic heterocycles. The molecule has 0 aliphatic carbocycles. The summed E-state index contributed by atoms with van der Waals surface area (Å²) in [6, 6.07) is 0. The van der Waals surface area contributed by atoms with Gasteiger partial charge in [-0.05, 0) is 6.42 Å². The zero-order valence-corrected chi connectivity index (χ0v) is 9.12. The first-order valence-corrected chi connectivity index (χ1v) is 4.36. The van der Waals surface area contributed by atoms with Crippen molar-refractivity contribution in [2.75, 3.05) is 0 Å². The molecule has 1 aromatic heterocycles. The zero-order chi connectivity index (χ0) is 9.84. The first kappa shape index (κ1) is 13.0. The Morgan fingerprint density at radius 1 is 1.71 bits per heavy atom. The molecule has 1 heterocycles. The number of aliphatic carboxylic acids is 1. The molecule has 80 valence electrons. The third kappa shape index (κ3) is 2.73. The Kier molecular flexibility index (Phi) is 5.23. The molecule has 1 atom stereocenters. The normalized spacial score (nSPS) is 11.9. The van der Waals surface area contributed by atoms with Crippen LogP contribution in [0.1, 0.15) is 31.5 Å². The first-order chi connectivity index (χ1) is 6.16. The summed E-state index contributed by atoms with van der Waals surface area (Å²) in [5, 5.41) is 8.95. The fraction of sp³-hybridized carbons (Fsp3) is 0.556. The largest absolute Gasteiger partial charge is 0.481 e. The van der Waals surface area contributed by atoms with Gasteiger partial charge in [-0.1, -0.05) is 13.3 Å². The lowest BCUT2D eigenvalue weighted by Crippen LogP contribution is -2.15. The van der Waals surface area contributed by atoms with Crippen molar-refractivity contribution >= 4 is 18.4 Å². The lowest BCUT2D eigenvalue weighted by molar-refractivity contribution is -0.139. The van der Waals surface area contributed by atoms with E-state index in [0.717, 1.165) is 6.42 Å². The lowest BCUT2D eigenvalue weighted by Gasteiger charge is -2.10. The quantitative estimate of drug-likeness (QED) is 0.839. The molecule has 4 nitrogen and oxygen atoms in total. The molecule has 1 rings (SSSR count). The number of carbonyl (C=O) groups is 1.